The highest BCUT2D eigenvalue weighted by Gasteiger charge is 2.36. The molecule has 1 aromatic heterocycles. The standard InChI is InChI=1S/C14H21F3N4/c1-4-18-11-8-12(20-13(19-11)14(15,16)17)21-6-5-9(2)7-10(21)3/h8-10H,4-7H2,1-3H3,(H,18,19,20). The molecule has 2 atom stereocenters. The predicted octanol–water partition coefficient (Wildman–Crippen LogP) is 3.55. The molecule has 0 bridgehead atoms. The summed E-state index contributed by atoms with van der Waals surface area (Å²) in [6.07, 6.45) is -2.61. The van der Waals surface area contributed by atoms with Gasteiger partial charge in [-0.1, -0.05) is 6.92 Å². The van der Waals surface area contributed by atoms with Crippen molar-refractivity contribution in [3.63, 3.8) is 0 Å². The van der Waals surface area contributed by atoms with Crippen molar-refractivity contribution in [1.29, 1.82) is 0 Å². The van der Waals surface area contributed by atoms with Gasteiger partial charge >= 0.3 is 6.18 Å². The molecule has 0 radical (unpaired) electrons. The second-order valence-corrected chi connectivity index (χ2v) is 5.64. The van der Waals surface area contributed by atoms with E-state index in [2.05, 4.69) is 22.2 Å². The van der Waals surface area contributed by atoms with Crippen LogP contribution >= 0.6 is 0 Å². The van der Waals surface area contributed by atoms with Gasteiger partial charge in [-0.15, -0.1) is 0 Å². The minimum Gasteiger partial charge on any atom is -0.370 e. The van der Waals surface area contributed by atoms with Crippen LogP contribution in [-0.4, -0.2) is 29.1 Å². The summed E-state index contributed by atoms with van der Waals surface area (Å²) in [5.74, 6) is 0.0866. The van der Waals surface area contributed by atoms with E-state index in [9.17, 15) is 13.2 Å². The maximum atomic E-state index is 12.9. The first kappa shape index (κ1) is 15.9. The fraction of sp³-hybridized carbons (Fsp3) is 0.714. The lowest BCUT2D eigenvalue weighted by atomic mass is 9.93. The lowest BCUT2D eigenvalue weighted by Crippen LogP contribution is -2.41. The Hall–Kier alpha value is -1.53. The van der Waals surface area contributed by atoms with E-state index in [0.29, 0.717) is 18.3 Å². The number of piperidine rings is 1. The van der Waals surface area contributed by atoms with E-state index in [1.54, 1.807) is 6.07 Å². The molecule has 2 rings (SSSR count). The Morgan fingerprint density at radius 3 is 2.62 bits per heavy atom. The molecule has 0 aliphatic carbocycles. The third kappa shape index (κ3) is 3.77. The zero-order valence-corrected chi connectivity index (χ0v) is 12.5. The maximum absolute atomic E-state index is 12.9. The molecule has 0 saturated carbocycles. The number of aromatic nitrogens is 2. The Morgan fingerprint density at radius 2 is 2.05 bits per heavy atom. The van der Waals surface area contributed by atoms with Crippen LogP contribution < -0.4 is 10.2 Å². The number of alkyl halides is 3. The van der Waals surface area contributed by atoms with E-state index in [1.807, 2.05) is 18.7 Å². The lowest BCUT2D eigenvalue weighted by Gasteiger charge is -2.37. The highest BCUT2D eigenvalue weighted by molar-refractivity contribution is 5.50. The van der Waals surface area contributed by atoms with Crippen molar-refractivity contribution in [3.8, 4) is 0 Å². The first-order valence-electron chi connectivity index (χ1n) is 7.28. The minimum atomic E-state index is -4.54. The molecular weight excluding hydrogens is 281 g/mol. The van der Waals surface area contributed by atoms with Crippen molar-refractivity contribution in [3.05, 3.63) is 11.9 Å². The van der Waals surface area contributed by atoms with Crippen LogP contribution in [0, 0.1) is 5.92 Å². The topological polar surface area (TPSA) is 41.0 Å². The summed E-state index contributed by atoms with van der Waals surface area (Å²) in [5, 5.41) is 2.85. The van der Waals surface area contributed by atoms with Crippen molar-refractivity contribution < 1.29 is 13.2 Å². The molecule has 1 aliphatic rings. The van der Waals surface area contributed by atoms with Gasteiger partial charge in [0.25, 0.3) is 0 Å². The SMILES string of the molecule is CCNc1cc(N2CCC(C)CC2C)nc(C(F)(F)F)n1. The average Bonchev–Trinajstić information content (AvgIpc) is 2.37. The van der Waals surface area contributed by atoms with Gasteiger partial charge in [0.1, 0.15) is 11.6 Å². The van der Waals surface area contributed by atoms with Crippen LogP contribution in [-0.2, 0) is 6.18 Å². The molecule has 2 heterocycles. The fourth-order valence-electron chi connectivity index (χ4n) is 2.73. The Bertz CT molecular complexity index is 490. The number of rotatable bonds is 3. The monoisotopic (exact) mass is 302 g/mol. The third-order valence-electron chi connectivity index (χ3n) is 3.76. The number of halogens is 3. The van der Waals surface area contributed by atoms with Crippen LogP contribution in [0.4, 0.5) is 24.8 Å². The number of anilines is 2. The Morgan fingerprint density at radius 1 is 1.33 bits per heavy atom. The molecule has 1 aromatic rings. The molecule has 118 valence electrons. The van der Waals surface area contributed by atoms with Gasteiger partial charge in [-0.3, -0.25) is 0 Å². The number of hydrogen-bond donors (Lipinski definition) is 1. The minimum absolute atomic E-state index is 0.180. The van der Waals surface area contributed by atoms with E-state index in [0.717, 1.165) is 19.4 Å². The van der Waals surface area contributed by atoms with Crippen molar-refractivity contribution in [2.45, 2.75) is 45.8 Å². The molecule has 21 heavy (non-hydrogen) atoms. The second kappa shape index (κ2) is 6.07. The third-order valence-corrected chi connectivity index (χ3v) is 3.76. The summed E-state index contributed by atoms with van der Waals surface area (Å²) in [4.78, 5) is 9.23. The van der Waals surface area contributed by atoms with Gasteiger partial charge in [0.05, 0.1) is 0 Å². The summed E-state index contributed by atoms with van der Waals surface area (Å²) >= 11 is 0. The van der Waals surface area contributed by atoms with Crippen LogP contribution in [0.5, 0.6) is 0 Å². The summed E-state index contributed by atoms with van der Waals surface area (Å²) < 4.78 is 38.8. The van der Waals surface area contributed by atoms with Gasteiger partial charge in [0.15, 0.2) is 0 Å². The van der Waals surface area contributed by atoms with Gasteiger partial charge in [-0.25, -0.2) is 9.97 Å². The first-order chi connectivity index (χ1) is 9.81. The highest BCUT2D eigenvalue weighted by atomic mass is 19.4. The number of nitrogens with zero attached hydrogens (tertiary/aromatic N) is 3. The molecule has 1 saturated heterocycles. The van der Waals surface area contributed by atoms with Crippen LogP contribution in [0.2, 0.25) is 0 Å². The molecule has 2 unspecified atom stereocenters. The smallest absolute Gasteiger partial charge is 0.370 e. The van der Waals surface area contributed by atoms with E-state index in [-0.39, 0.29) is 11.9 Å². The Balaban J connectivity index is 2.35. The van der Waals surface area contributed by atoms with E-state index < -0.39 is 12.0 Å². The van der Waals surface area contributed by atoms with Gasteiger partial charge in [-0.05, 0) is 32.6 Å². The largest absolute Gasteiger partial charge is 0.451 e. The van der Waals surface area contributed by atoms with Crippen molar-refractivity contribution in [1.82, 2.24) is 9.97 Å². The van der Waals surface area contributed by atoms with E-state index >= 15 is 0 Å². The first-order valence-corrected chi connectivity index (χ1v) is 7.28. The van der Waals surface area contributed by atoms with Crippen LogP contribution in [0.1, 0.15) is 39.4 Å². The van der Waals surface area contributed by atoms with Crippen molar-refractivity contribution in [2.75, 3.05) is 23.3 Å². The van der Waals surface area contributed by atoms with Crippen molar-refractivity contribution in [2.24, 2.45) is 5.92 Å². The molecule has 1 fully saturated rings. The van der Waals surface area contributed by atoms with Crippen LogP contribution in [0.15, 0.2) is 6.07 Å². The summed E-state index contributed by atoms with van der Waals surface area (Å²) in [6, 6.07) is 1.78. The van der Waals surface area contributed by atoms with Crippen molar-refractivity contribution >= 4 is 11.6 Å². The number of hydrogen-bond acceptors (Lipinski definition) is 4. The average molecular weight is 302 g/mol. The number of nitrogens with one attached hydrogen (secondary N) is 1. The highest BCUT2D eigenvalue weighted by Crippen LogP contribution is 2.32. The molecule has 0 aromatic carbocycles. The van der Waals surface area contributed by atoms with Gasteiger partial charge in [0, 0.05) is 25.2 Å². The molecule has 1 N–H and O–H groups in total. The fourth-order valence-corrected chi connectivity index (χ4v) is 2.73. The van der Waals surface area contributed by atoms with Gasteiger partial charge < -0.3 is 10.2 Å². The predicted molar refractivity (Wildman–Crippen MR) is 76.4 cm³/mol. The van der Waals surface area contributed by atoms with E-state index in [1.165, 1.54) is 0 Å². The molecule has 7 heteroatoms. The zero-order valence-electron chi connectivity index (χ0n) is 12.5. The molecule has 1 aliphatic heterocycles. The molecule has 4 nitrogen and oxygen atoms in total. The van der Waals surface area contributed by atoms with Gasteiger partial charge in [-0.2, -0.15) is 13.2 Å². The summed E-state index contributed by atoms with van der Waals surface area (Å²) in [7, 11) is 0. The molecule has 0 amide bonds. The zero-order chi connectivity index (χ0) is 15.6. The lowest BCUT2D eigenvalue weighted by molar-refractivity contribution is -0.144. The van der Waals surface area contributed by atoms with Gasteiger partial charge in [0.2, 0.25) is 5.82 Å². The molecule has 0 spiro atoms. The Kier molecular flexibility index (Phi) is 4.58. The second-order valence-electron chi connectivity index (χ2n) is 5.64. The summed E-state index contributed by atoms with van der Waals surface area (Å²) in [6.45, 7) is 7.25. The van der Waals surface area contributed by atoms with E-state index in [4.69, 9.17) is 0 Å². The summed E-state index contributed by atoms with van der Waals surface area (Å²) in [5.41, 5.74) is 0. The Labute approximate surface area is 122 Å². The maximum Gasteiger partial charge on any atom is 0.451 e. The van der Waals surface area contributed by atoms with Crippen LogP contribution in [0.3, 0.4) is 0 Å². The van der Waals surface area contributed by atoms with Crippen LogP contribution in [0.25, 0.3) is 0 Å². The normalized spacial score (nSPS) is 23.2. The quantitative estimate of drug-likeness (QED) is 0.927. The molecular formula is C14H21F3N4.